The average molecular weight is 198 g/mol. The van der Waals surface area contributed by atoms with Crippen molar-refractivity contribution in [3.63, 3.8) is 0 Å². The van der Waals surface area contributed by atoms with Gasteiger partial charge >= 0.3 is 0 Å². The Morgan fingerprint density at radius 3 is 2.00 bits per heavy atom. The van der Waals surface area contributed by atoms with Crippen LogP contribution < -0.4 is 0 Å². The molecule has 0 nitrogen and oxygen atoms in total. The zero-order chi connectivity index (χ0) is 11.1. The second-order valence-corrected chi connectivity index (χ2v) is 5.29. The van der Waals surface area contributed by atoms with E-state index in [0.717, 1.165) is 23.7 Å². The Labute approximate surface area is 91.5 Å². The zero-order valence-electron chi connectivity index (χ0n) is 11.1. The summed E-state index contributed by atoms with van der Waals surface area (Å²) < 4.78 is 0. The Bertz CT molecular complexity index is 126. The van der Waals surface area contributed by atoms with Crippen molar-refractivity contribution in [2.75, 3.05) is 0 Å². The average Bonchev–Trinajstić information content (AvgIpc) is 2.54. The summed E-state index contributed by atoms with van der Waals surface area (Å²) in [6.07, 6.45) is 5.90. The summed E-state index contributed by atoms with van der Waals surface area (Å²) in [7, 11) is 0. The highest BCUT2D eigenvalue weighted by Gasteiger charge is 2.26. The normalized spacial score (nSPS) is 28.5. The minimum Gasteiger partial charge on any atom is -0.0683 e. The Hall–Kier alpha value is 0. The molecule has 0 radical (unpaired) electrons. The Balaban J connectivity index is 0.000000791. The van der Waals surface area contributed by atoms with Crippen molar-refractivity contribution in [3.8, 4) is 0 Å². The maximum atomic E-state index is 2.45. The van der Waals surface area contributed by atoms with E-state index in [2.05, 4.69) is 27.7 Å². The first kappa shape index (κ1) is 14.0. The molecule has 86 valence electrons. The summed E-state index contributed by atoms with van der Waals surface area (Å²) in [5, 5.41) is 0. The van der Waals surface area contributed by atoms with Crippen molar-refractivity contribution in [2.45, 2.75) is 67.2 Å². The summed E-state index contributed by atoms with van der Waals surface area (Å²) in [4.78, 5) is 0. The van der Waals surface area contributed by atoms with Crippen molar-refractivity contribution in [1.29, 1.82) is 0 Å². The fourth-order valence-corrected chi connectivity index (χ4v) is 2.70. The van der Waals surface area contributed by atoms with Gasteiger partial charge < -0.3 is 0 Å². The molecule has 0 heterocycles. The monoisotopic (exact) mass is 198 g/mol. The molecule has 14 heavy (non-hydrogen) atoms. The number of hydrogen-bond donors (Lipinski definition) is 0. The molecule has 0 heteroatoms. The molecule has 1 aliphatic rings. The Morgan fingerprint density at radius 2 is 1.64 bits per heavy atom. The molecule has 0 aromatic carbocycles. The smallest absolute Gasteiger partial charge is 0.0386 e. The molecule has 1 rings (SSSR count). The van der Waals surface area contributed by atoms with Crippen LogP contribution in [-0.4, -0.2) is 0 Å². The molecule has 0 aromatic heterocycles. The molecule has 3 unspecified atom stereocenters. The molecule has 0 spiro atoms. The third-order valence-electron chi connectivity index (χ3n) is 3.38. The molecule has 0 N–H and O–H groups in total. The lowest BCUT2D eigenvalue weighted by Crippen LogP contribution is -2.10. The van der Waals surface area contributed by atoms with Gasteiger partial charge in [-0.25, -0.2) is 0 Å². The van der Waals surface area contributed by atoms with E-state index < -0.39 is 0 Å². The highest BCUT2D eigenvalue weighted by molar-refractivity contribution is 4.77. The number of rotatable bonds is 3. The van der Waals surface area contributed by atoms with Crippen LogP contribution in [0.4, 0.5) is 0 Å². The van der Waals surface area contributed by atoms with Gasteiger partial charge in [0.25, 0.3) is 0 Å². The van der Waals surface area contributed by atoms with Gasteiger partial charge in [0.15, 0.2) is 0 Å². The third-order valence-corrected chi connectivity index (χ3v) is 3.38. The van der Waals surface area contributed by atoms with Gasteiger partial charge in [0.2, 0.25) is 0 Å². The maximum absolute atomic E-state index is 2.45. The summed E-state index contributed by atoms with van der Waals surface area (Å²) in [5.74, 6) is 3.90. The van der Waals surface area contributed by atoms with Gasteiger partial charge in [-0.15, -0.1) is 0 Å². The highest BCUT2D eigenvalue weighted by atomic mass is 14.3. The van der Waals surface area contributed by atoms with Crippen LogP contribution in [0.5, 0.6) is 0 Å². The molecule has 0 saturated heterocycles. The van der Waals surface area contributed by atoms with Crippen LogP contribution in [0.25, 0.3) is 0 Å². The topological polar surface area (TPSA) is 0 Å². The van der Waals surface area contributed by atoms with E-state index in [1.54, 1.807) is 0 Å². The molecule has 1 fully saturated rings. The molecule has 1 saturated carbocycles. The minimum atomic E-state index is 0.885. The van der Waals surface area contributed by atoms with E-state index in [0.29, 0.717) is 0 Å². The van der Waals surface area contributed by atoms with Gasteiger partial charge in [0, 0.05) is 0 Å². The van der Waals surface area contributed by atoms with Gasteiger partial charge in [-0.2, -0.15) is 0 Å². The van der Waals surface area contributed by atoms with E-state index in [9.17, 15) is 0 Å². The predicted molar refractivity (Wildman–Crippen MR) is 66.5 cm³/mol. The van der Waals surface area contributed by atoms with Gasteiger partial charge in [-0.1, -0.05) is 48.0 Å². The third kappa shape index (κ3) is 5.02. The maximum Gasteiger partial charge on any atom is -0.0386 e. The first-order valence-electron chi connectivity index (χ1n) is 6.59. The fraction of sp³-hybridized carbons (Fsp3) is 1.00. The van der Waals surface area contributed by atoms with Crippen LogP contribution in [0.1, 0.15) is 67.2 Å². The summed E-state index contributed by atoms with van der Waals surface area (Å²) in [6.45, 7) is 13.5. The highest BCUT2D eigenvalue weighted by Crippen LogP contribution is 2.37. The largest absolute Gasteiger partial charge is 0.0683 e. The minimum absolute atomic E-state index is 0.885. The van der Waals surface area contributed by atoms with Gasteiger partial charge in [0.1, 0.15) is 0 Å². The van der Waals surface area contributed by atoms with Crippen molar-refractivity contribution in [1.82, 2.24) is 0 Å². The standard InChI is InChI=1S/C12H24.C2H6/c1-9(2)7-11(4)12-6-5-10(3)8-12;1-2/h9-12H,5-8H2,1-4H3;1-2H3. The molecule has 0 aliphatic heterocycles. The summed E-state index contributed by atoms with van der Waals surface area (Å²) in [6, 6.07) is 0. The van der Waals surface area contributed by atoms with Crippen LogP contribution >= 0.6 is 0 Å². The van der Waals surface area contributed by atoms with Crippen LogP contribution in [0.15, 0.2) is 0 Å². The van der Waals surface area contributed by atoms with E-state index in [4.69, 9.17) is 0 Å². The number of hydrogen-bond acceptors (Lipinski definition) is 0. The van der Waals surface area contributed by atoms with Crippen LogP contribution in [0, 0.1) is 23.7 Å². The first-order chi connectivity index (χ1) is 6.59. The lowest BCUT2D eigenvalue weighted by atomic mass is 9.85. The van der Waals surface area contributed by atoms with Gasteiger partial charge in [0.05, 0.1) is 0 Å². The van der Waals surface area contributed by atoms with E-state index in [1.807, 2.05) is 13.8 Å². The van der Waals surface area contributed by atoms with Crippen molar-refractivity contribution in [2.24, 2.45) is 23.7 Å². The van der Waals surface area contributed by atoms with Gasteiger partial charge in [-0.3, -0.25) is 0 Å². The van der Waals surface area contributed by atoms with Gasteiger partial charge in [-0.05, 0) is 42.9 Å². The molecule has 3 atom stereocenters. The van der Waals surface area contributed by atoms with Crippen molar-refractivity contribution >= 4 is 0 Å². The molecule has 0 amide bonds. The molecule has 0 aromatic rings. The summed E-state index contributed by atoms with van der Waals surface area (Å²) in [5.41, 5.74) is 0. The zero-order valence-corrected chi connectivity index (χ0v) is 11.1. The van der Waals surface area contributed by atoms with E-state index >= 15 is 0 Å². The fourth-order valence-electron chi connectivity index (χ4n) is 2.70. The molecule has 0 bridgehead atoms. The molecular weight excluding hydrogens is 168 g/mol. The van der Waals surface area contributed by atoms with Crippen molar-refractivity contribution < 1.29 is 0 Å². The van der Waals surface area contributed by atoms with Crippen LogP contribution in [0.2, 0.25) is 0 Å². The van der Waals surface area contributed by atoms with Crippen LogP contribution in [0.3, 0.4) is 0 Å². The Kier molecular flexibility index (Phi) is 7.31. The molecular formula is C14H30. The Morgan fingerprint density at radius 1 is 1.07 bits per heavy atom. The van der Waals surface area contributed by atoms with E-state index in [-0.39, 0.29) is 0 Å². The second kappa shape index (κ2) is 7.31. The predicted octanol–water partition coefficient (Wildman–Crippen LogP) is 5.13. The quantitative estimate of drug-likeness (QED) is 0.589. The lowest BCUT2D eigenvalue weighted by Gasteiger charge is -2.20. The van der Waals surface area contributed by atoms with Crippen molar-refractivity contribution in [3.05, 3.63) is 0 Å². The SMILES string of the molecule is CC.CC(C)CC(C)C1CCC(C)C1. The summed E-state index contributed by atoms with van der Waals surface area (Å²) >= 11 is 0. The molecule has 1 aliphatic carbocycles. The van der Waals surface area contributed by atoms with E-state index in [1.165, 1.54) is 25.7 Å². The second-order valence-electron chi connectivity index (χ2n) is 5.29. The van der Waals surface area contributed by atoms with Crippen LogP contribution in [-0.2, 0) is 0 Å². The first-order valence-corrected chi connectivity index (χ1v) is 6.59. The lowest BCUT2D eigenvalue weighted by molar-refractivity contribution is 0.303.